The number of hydrogen-bond donors (Lipinski definition) is 2. The maximum atomic E-state index is 9.00. The second-order valence-electron chi connectivity index (χ2n) is 3.09. The normalized spacial score (nSPS) is 6.95. The SMILES string of the molecule is CC(=O)O.CC(=O)O.[Pd].c1ccncc1.c1ccncc1. The van der Waals surface area contributed by atoms with Gasteiger partial charge in [-0.3, -0.25) is 19.6 Å². The molecule has 0 aromatic carbocycles. The summed E-state index contributed by atoms with van der Waals surface area (Å²) < 4.78 is 0. The molecular formula is C14H18N2O4Pd. The van der Waals surface area contributed by atoms with Crippen molar-refractivity contribution in [1.29, 1.82) is 0 Å². The Morgan fingerprint density at radius 2 is 0.857 bits per heavy atom. The number of aliphatic carboxylic acids is 2. The minimum atomic E-state index is -0.833. The van der Waals surface area contributed by atoms with Crippen molar-refractivity contribution in [2.75, 3.05) is 0 Å². The summed E-state index contributed by atoms with van der Waals surface area (Å²) >= 11 is 0. The van der Waals surface area contributed by atoms with Crippen LogP contribution in [0.25, 0.3) is 0 Å². The first-order chi connectivity index (χ1) is 9.46. The zero-order valence-electron chi connectivity index (χ0n) is 11.7. The molecule has 0 aliphatic heterocycles. The third-order valence-electron chi connectivity index (χ3n) is 1.13. The number of rotatable bonds is 0. The molecule has 2 heterocycles. The summed E-state index contributed by atoms with van der Waals surface area (Å²) in [5, 5.41) is 14.8. The minimum Gasteiger partial charge on any atom is -0.481 e. The maximum Gasteiger partial charge on any atom is 0.300 e. The van der Waals surface area contributed by atoms with E-state index < -0.39 is 11.9 Å². The summed E-state index contributed by atoms with van der Waals surface area (Å²) in [7, 11) is 0. The first-order valence-electron chi connectivity index (χ1n) is 5.55. The molecule has 0 saturated carbocycles. The van der Waals surface area contributed by atoms with E-state index in [1.807, 2.05) is 36.4 Å². The van der Waals surface area contributed by atoms with Gasteiger partial charge in [-0.15, -0.1) is 0 Å². The molecular weight excluding hydrogens is 367 g/mol. The van der Waals surface area contributed by atoms with Crippen LogP contribution < -0.4 is 0 Å². The van der Waals surface area contributed by atoms with Gasteiger partial charge in [-0.25, -0.2) is 0 Å². The largest absolute Gasteiger partial charge is 0.481 e. The van der Waals surface area contributed by atoms with Crippen LogP contribution in [0.15, 0.2) is 61.2 Å². The molecule has 2 aromatic rings. The van der Waals surface area contributed by atoms with Crippen molar-refractivity contribution in [2.24, 2.45) is 0 Å². The van der Waals surface area contributed by atoms with E-state index in [0.717, 1.165) is 13.8 Å². The molecule has 2 rings (SSSR count). The van der Waals surface area contributed by atoms with Gasteiger partial charge < -0.3 is 10.2 Å². The Morgan fingerprint density at radius 1 is 0.667 bits per heavy atom. The molecule has 118 valence electrons. The third kappa shape index (κ3) is 46.2. The fourth-order valence-corrected chi connectivity index (χ4v) is 0.625. The molecule has 0 aliphatic rings. The number of hydrogen-bond acceptors (Lipinski definition) is 4. The molecule has 21 heavy (non-hydrogen) atoms. The topological polar surface area (TPSA) is 100 Å². The van der Waals surface area contributed by atoms with Gasteiger partial charge in [0.2, 0.25) is 0 Å². The molecule has 7 heteroatoms. The predicted octanol–water partition coefficient (Wildman–Crippen LogP) is 2.34. The van der Waals surface area contributed by atoms with Crippen LogP contribution in [-0.4, -0.2) is 32.1 Å². The molecule has 2 aromatic heterocycles. The van der Waals surface area contributed by atoms with E-state index >= 15 is 0 Å². The molecule has 0 amide bonds. The van der Waals surface area contributed by atoms with Gasteiger partial charge in [-0.1, -0.05) is 12.1 Å². The van der Waals surface area contributed by atoms with Crippen molar-refractivity contribution in [3.8, 4) is 0 Å². The van der Waals surface area contributed by atoms with E-state index in [1.54, 1.807) is 24.8 Å². The Bertz CT molecular complexity index is 336. The zero-order valence-corrected chi connectivity index (χ0v) is 13.2. The third-order valence-corrected chi connectivity index (χ3v) is 1.13. The molecule has 6 nitrogen and oxygen atoms in total. The molecule has 0 saturated heterocycles. The van der Waals surface area contributed by atoms with Crippen LogP contribution in [0.1, 0.15) is 13.8 Å². The number of carboxylic acids is 2. The van der Waals surface area contributed by atoms with Crippen LogP contribution in [-0.2, 0) is 30.0 Å². The molecule has 0 radical (unpaired) electrons. The molecule has 0 spiro atoms. The van der Waals surface area contributed by atoms with Crippen LogP contribution in [0.3, 0.4) is 0 Å². The fraction of sp³-hybridized carbons (Fsp3) is 0.143. The van der Waals surface area contributed by atoms with Crippen molar-refractivity contribution in [3.63, 3.8) is 0 Å². The van der Waals surface area contributed by atoms with Crippen molar-refractivity contribution in [3.05, 3.63) is 61.2 Å². The minimum absolute atomic E-state index is 0. The number of pyridine rings is 2. The van der Waals surface area contributed by atoms with E-state index in [9.17, 15) is 0 Å². The van der Waals surface area contributed by atoms with Crippen LogP contribution in [0, 0.1) is 0 Å². The molecule has 0 fully saturated rings. The van der Waals surface area contributed by atoms with Crippen molar-refractivity contribution in [2.45, 2.75) is 13.8 Å². The second kappa shape index (κ2) is 20.2. The average Bonchev–Trinajstić information content (AvgIpc) is 2.42. The quantitative estimate of drug-likeness (QED) is 0.676. The molecule has 0 atom stereocenters. The Kier molecular flexibility index (Phi) is 23.1. The maximum absolute atomic E-state index is 9.00. The van der Waals surface area contributed by atoms with E-state index in [0.29, 0.717) is 0 Å². The standard InChI is InChI=1S/2C5H5N.2C2H4O2.Pd/c2*1-2-4-6-5-3-1;2*1-2(3)4;/h2*1-5H;2*1H3,(H,3,4);. The van der Waals surface area contributed by atoms with Gasteiger partial charge in [-0.05, 0) is 24.3 Å². The Balaban J connectivity index is -0.000000208. The number of aromatic nitrogens is 2. The summed E-state index contributed by atoms with van der Waals surface area (Å²) in [4.78, 5) is 25.6. The number of carboxylic acid groups (broad SMARTS) is 2. The van der Waals surface area contributed by atoms with Gasteiger partial charge in [-0.2, -0.15) is 0 Å². The summed E-state index contributed by atoms with van der Waals surface area (Å²) in [6.07, 6.45) is 7.00. The van der Waals surface area contributed by atoms with Crippen LogP contribution in [0.5, 0.6) is 0 Å². The smallest absolute Gasteiger partial charge is 0.300 e. The Labute approximate surface area is 137 Å². The summed E-state index contributed by atoms with van der Waals surface area (Å²) in [5.41, 5.74) is 0. The van der Waals surface area contributed by atoms with Crippen LogP contribution >= 0.6 is 0 Å². The molecule has 0 bridgehead atoms. The number of nitrogens with zero attached hydrogens (tertiary/aromatic N) is 2. The summed E-state index contributed by atoms with van der Waals surface area (Å²) in [5.74, 6) is -1.67. The predicted molar refractivity (Wildman–Crippen MR) is 75.1 cm³/mol. The van der Waals surface area contributed by atoms with Gasteiger partial charge in [0.05, 0.1) is 0 Å². The van der Waals surface area contributed by atoms with Gasteiger partial charge in [0.15, 0.2) is 0 Å². The fourth-order valence-electron chi connectivity index (χ4n) is 0.625. The van der Waals surface area contributed by atoms with Gasteiger partial charge in [0, 0.05) is 59.1 Å². The van der Waals surface area contributed by atoms with Gasteiger partial charge in [0.1, 0.15) is 0 Å². The second-order valence-corrected chi connectivity index (χ2v) is 3.09. The molecule has 0 aliphatic carbocycles. The summed E-state index contributed by atoms with van der Waals surface area (Å²) in [6.45, 7) is 2.17. The van der Waals surface area contributed by atoms with Gasteiger partial charge in [0.25, 0.3) is 11.9 Å². The van der Waals surface area contributed by atoms with Gasteiger partial charge >= 0.3 is 0 Å². The first-order valence-corrected chi connectivity index (χ1v) is 5.55. The first kappa shape index (κ1) is 24.0. The summed E-state index contributed by atoms with van der Waals surface area (Å²) in [6, 6.07) is 11.4. The zero-order chi connectivity index (χ0) is 15.6. The molecule has 0 unspecified atom stereocenters. The van der Waals surface area contributed by atoms with E-state index in [2.05, 4.69) is 9.97 Å². The van der Waals surface area contributed by atoms with E-state index in [4.69, 9.17) is 19.8 Å². The Hall–Kier alpha value is -2.10. The average molecular weight is 385 g/mol. The van der Waals surface area contributed by atoms with Crippen molar-refractivity contribution in [1.82, 2.24) is 9.97 Å². The van der Waals surface area contributed by atoms with Crippen LogP contribution in [0.4, 0.5) is 0 Å². The van der Waals surface area contributed by atoms with Crippen LogP contribution in [0.2, 0.25) is 0 Å². The monoisotopic (exact) mass is 384 g/mol. The van der Waals surface area contributed by atoms with Crippen molar-refractivity contribution >= 4 is 11.9 Å². The Morgan fingerprint density at radius 3 is 0.905 bits per heavy atom. The number of carbonyl (C=O) groups is 2. The van der Waals surface area contributed by atoms with E-state index in [-0.39, 0.29) is 20.4 Å². The molecule has 2 N–H and O–H groups in total. The van der Waals surface area contributed by atoms with E-state index in [1.165, 1.54) is 0 Å². The van der Waals surface area contributed by atoms with Crippen molar-refractivity contribution < 1.29 is 40.2 Å².